The number of benzene rings is 2. The van der Waals surface area contributed by atoms with E-state index in [0.717, 1.165) is 18.4 Å². The van der Waals surface area contributed by atoms with Crippen LogP contribution in [0.15, 0.2) is 42.5 Å². The molecule has 7 heteroatoms. The molecule has 0 heterocycles. The summed E-state index contributed by atoms with van der Waals surface area (Å²) in [6, 6.07) is 12.3. The number of hydrogen-bond donors (Lipinski definition) is 3. The summed E-state index contributed by atoms with van der Waals surface area (Å²) in [5, 5.41) is 9.03. The molecule has 2 aromatic rings. The highest BCUT2D eigenvalue weighted by Gasteiger charge is 2.23. The third kappa shape index (κ3) is 5.62. The van der Waals surface area contributed by atoms with Gasteiger partial charge in [-0.1, -0.05) is 11.6 Å². The standard InChI is InChI=1S/C20H22ClN3O3/c1-12-11-14(21)3-10-18(12)27-13(2)19(25)22-15-4-6-16(7-5-15)23-20(26)24-17-8-9-17/h3-7,10-11,13,17H,8-9H2,1-2H3,(H,22,25)(H2,23,24,26). The summed E-state index contributed by atoms with van der Waals surface area (Å²) in [4.78, 5) is 24.1. The maximum Gasteiger partial charge on any atom is 0.319 e. The van der Waals surface area contributed by atoms with Crippen molar-refractivity contribution in [3.8, 4) is 5.75 Å². The van der Waals surface area contributed by atoms with Crippen molar-refractivity contribution >= 4 is 34.9 Å². The summed E-state index contributed by atoms with van der Waals surface area (Å²) >= 11 is 5.93. The van der Waals surface area contributed by atoms with Gasteiger partial charge in [0, 0.05) is 22.4 Å². The fourth-order valence-corrected chi connectivity index (χ4v) is 2.68. The van der Waals surface area contributed by atoms with Crippen molar-refractivity contribution in [1.82, 2.24) is 5.32 Å². The number of aryl methyl sites for hydroxylation is 1. The zero-order chi connectivity index (χ0) is 19.4. The summed E-state index contributed by atoms with van der Waals surface area (Å²) in [7, 11) is 0. The van der Waals surface area contributed by atoms with Crippen LogP contribution in [-0.2, 0) is 4.79 Å². The number of amides is 3. The number of halogens is 1. The lowest BCUT2D eigenvalue weighted by atomic mass is 10.2. The first-order chi connectivity index (χ1) is 12.9. The molecule has 1 unspecified atom stereocenters. The molecule has 1 atom stereocenters. The maximum atomic E-state index is 12.3. The topological polar surface area (TPSA) is 79.5 Å². The van der Waals surface area contributed by atoms with Gasteiger partial charge in [-0.3, -0.25) is 4.79 Å². The van der Waals surface area contributed by atoms with Crippen LogP contribution in [-0.4, -0.2) is 24.1 Å². The van der Waals surface area contributed by atoms with Crippen LogP contribution in [0.5, 0.6) is 5.75 Å². The molecular formula is C20H22ClN3O3. The lowest BCUT2D eigenvalue weighted by molar-refractivity contribution is -0.122. The Bertz CT molecular complexity index is 835. The van der Waals surface area contributed by atoms with Gasteiger partial charge in [-0.15, -0.1) is 0 Å². The zero-order valence-corrected chi connectivity index (χ0v) is 16.0. The Labute approximate surface area is 163 Å². The van der Waals surface area contributed by atoms with Gasteiger partial charge in [-0.2, -0.15) is 0 Å². The van der Waals surface area contributed by atoms with Gasteiger partial charge in [-0.05, 0) is 74.7 Å². The molecule has 1 saturated carbocycles. The highest BCUT2D eigenvalue weighted by Crippen LogP contribution is 2.23. The van der Waals surface area contributed by atoms with E-state index < -0.39 is 6.10 Å². The van der Waals surface area contributed by atoms with E-state index in [0.29, 0.717) is 28.2 Å². The normalized spacial score (nSPS) is 14.2. The Kier molecular flexibility index (Phi) is 5.86. The first kappa shape index (κ1) is 19.0. The second-order valence-electron chi connectivity index (χ2n) is 6.61. The molecule has 3 rings (SSSR count). The van der Waals surface area contributed by atoms with E-state index in [2.05, 4.69) is 16.0 Å². The van der Waals surface area contributed by atoms with Gasteiger partial charge in [0.05, 0.1) is 0 Å². The monoisotopic (exact) mass is 387 g/mol. The van der Waals surface area contributed by atoms with E-state index in [1.165, 1.54) is 0 Å². The van der Waals surface area contributed by atoms with Crippen LogP contribution >= 0.6 is 11.6 Å². The van der Waals surface area contributed by atoms with Crippen LogP contribution < -0.4 is 20.7 Å². The molecular weight excluding hydrogens is 366 g/mol. The number of hydrogen-bond acceptors (Lipinski definition) is 3. The second-order valence-corrected chi connectivity index (χ2v) is 7.05. The van der Waals surface area contributed by atoms with Crippen LogP contribution in [0.2, 0.25) is 5.02 Å². The zero-order valence-electron chi connectivity index (χ0n) is 15.2. The second kappa shape index (κ2) is 8.31. The number of rotatable bonds is 6. The van der Waals surface area contributed by atoms with Crippen LogP contribution in [0.4, 0.5) is 16.2 Å². The molecule has 0 radical (unpaired) electrons. The van der Waals surface area contributed by atoms with E-state index in [1.807, 2.05) is 6.92 Å². The molecule has 0 saturated heterocycles. The minimum Gasteiger partial charge on any atom is -0.481 e. The summed E-state index contributed by atoms with van der Waals surface area (Å²) in [5.41, 5.74) is 2.14. The quantitative estimate of drug-likeness (QED) is 0.689. The van der Waals surface area contributed by atoms with Gasteiger partial charge in [0.25, 0.3) is 5.91 Å². The minimum absolute atomic E-state index is 0.213. The smallest absolute Gasteiger partial charge is 0.319 e. The molecule has 0 spiro atoms. The molecule has 2 aromatic carbocycles. The molecule has 0 aliphatic heterocycles. The molecule has 3 amide bonds. The Balaban J connectivity index is 1.52. The van der Waals surface area contributed by atoms with E-state index in [-0.39, 0.29) is 11.9 Å². The number of carbonyl (C=O) groups excluding carboxylic acids is 2. The van der Waals surface area contributed by atoms with Crippen LogP contribution in [0.3, 0.4) is 0 Å². The molecule has 0 bridgehead atoms. The van der Waals surface area contributed by atoms with Gasteiger partial charge >= 0.3 is 6.03 Å². The molecule has 1 aliphatic rings. The largest absolute Gasteiger partial charge is 0.481 e. The van der Waals surface area contributed by atoms with Crippen molar-refractivity contribution in [2.75, 3.05) is 10.6 Å². The van der Waals surface area contributed by atoms with Gasteiger partial charge in [0.2, 0.25) is 0 Å². The number of carbonyl (C=O) groups is 2. The predicted octanol–water partition coefficient (Wildman–Crippen LogP) is 4.34. The van der Waals surface area contributed by atoms with Gasteiger partial charge in [0.1, 0.15) is 5.75 Å². The SMILES string of the molecule is Cc1cc(Cl)ccc1OC(C)C(=O)Nc1ccc(NC(=O)NC2CC2)cc1. The third-order valence-electron chi connectivity index (χ3n) is 4.13. The predicted molar refractivity (Wildman–Crippen MR) is 107 cm³/mol. The number of nitrogens with one attached hydrogen (secondary N) is 3. The number of anilines is 2. The first-order valence-corrected chi connectivity index (χ1v) is 9.20. The molecule has 0 aromatic heterocycles. The highest BCUT2D eigenvalue weighted by molar-refractivity contribution is 6.30. The molecule has 6 nitrogen and oxygen atoms in total. The maximum absolute atomic E-state index is 12.3. The van der Waals surface area contributed by atoms with Crippen molar-refractivity contribution in [3.63, 3.8) is 0 Å². The van der Waals surface area contributed by atoms with Gasteiger partial charge < -0.3 is 20.7 Å². The van der Waals surface area contributed by atoms with Crippen LogP contribution in [0, 0.1) is 6.92 Å². The van der Waals surface area contributed by atoms with Crippen molar-refractivity contribution in [2.24, 2.45) is 0 Å². The molecule has 1 fully saturated rings. The molecule has 1 aliphatic carbocycles. The average Bonchev–Trinajstić information content (AvgIpc) is 3.42. The highest BCUT2D eigenvalue weighted by atomic mass is 35.5. The average molecular weight is 388 g/mol. The van der Waals surface area contributed by atoms with Crippen molar-refractivity contribution in [1.29, 1.82) is 0 Å². The fraction of sp³-hybridized carbons (Fsp3) is 0.300. The summed E-state index contributed by atoms with van der Waals surface area (Å²) < 4.78 is 5.72. The van der Waals surface area contributed by atoms with Crippen molar-refractivity contribution in [3.05, 3.63) is 53.1 Å². The lowest BCUT2D eigenvalue weighted by Gasteiger charge is -2.16. The van der Waals surface area contributed by atoms with E-state index >= 15 is 0 Å². The van der Waals surface area contributed by atoms with Crippen LogP contribution in [0.1, 0.15) is 25.3 Å². The molecule has 142 valence electrons. The van der Waals surface area contributed by atoms with E-state index in [1.54, 1.807) is 49.4 Å². The summed E-state index contributed by atoms with van der Waals surface area (Å²) in [6.45, 7) is 3.55. The summed E-state index contributed by atoms with van der Waals surface area (Å²) in [5.74, 6) is 0.347. The van der Waals surface area contributed by atoms with E-state index in [9.17, 15) is 9.59 Å². The number of ether oxygens (including phenoxy) is 1. The fourth-order valence-electron chi connectivity index (χ4n) is 2.45. The van der Waals surface area contributed by atoms with E-state index in [4.69, 9.17) is 16.3 Å². The molecule has 3 N–H and O–H groups in total. The molecule has 27 heavy (non-hydrogen) atoms. The summed E-state index contributed by atoms with van der Waals surface area (Å²) in [6.07, 6.45) is 1.40. The Morgan fingerprint density at radius 3 is 2.30 bits per heavy atom. The first-order valence-electron chi connectivity index (χ1n) is 8.82. The minimum atomic E-state index is -0.674. The van der Waals surface area contributed by atoms with Gasteiger partial charge in [0.15, 0.2) is 6.10 Å². The lowest BCUT2D eigenvalue weighted by Crippen LogP contribution is -2.30. The van der Waals surface area contributed by atoms with Crippen molar-refractivity contribution < 1.29 is 14.3 Å². The van der Waals surface area contributed by atoms with Crippen LogP contribution in [0.25, 0.3) is 0 Å². The number of urea groups is 1. The Hall–Kier alpha value is -2.73. The van der Waals surface area contributed by atoms with Crippen molar-refractivity contribution in [2.45, 2.75) is 38.8 Å². The van der Waals surface area contributed by atoms with Gasteiger partial charge in [-0.25, -0.2) is 4.79 Å². The Morgan fingerprint density at radius 1 is 1.07 bits per heavy atom. The Morgan fingerprint density at radius 2 is 1.70 bits per heavy atom. The third-order valence-corrected chi connectivity index (χ3v) is 4.37.